The number of hydrogen-bond acceptors (Lipinski definition) is 7. The highest BCUT2D eigenvalue weighted by molar-refractivity contribution is 6.09. The number of rotatable bonds is 7. The molecule has 0 spiro atoms. The van der Waals surface area contributed by atoms with E-state index < -0.39 is 16.8 Å². The third-order valence-corrected chi connectivity index (χ3v) is 6.35. The van der Waals surface area contributed by atoms with Crippen LogP contribution in [0, 0.1) is 17.0 Å². The SMILES string of the molecule is CCOC(=O)c1ccc(N2CCN(C(=O)c3ccccc3)CC2)c(NC(=O)c2cccc(C)c2[N+](=O)[O-])c1. The van der Waals surface area contributed by atoms with Crippen molar-refractivity contribution in [1.29, 1.82) is 0 Å². The number of nitro groups is 1. The van der Waals surface area contributed by atoms with Crippen molar-refractivity contribution >= 4 is 34.8 Å². The molecule has 3 aromatic carbocycles. The van der Waals surface area contributed by atoms with Gasteiger partial charge >= 0.3 is 5.97 Å². The maximum absolute atomic E-state index is 13.2. The molecule has 196 valence electrons. The third-order valence-electron chi connectivity index (χ3n) is 6.35. The Morgan fingerprint density at radius 1 is 0.947 bits per heavy atom. The summed E-state index contributed by atoms with van der Waals surface area (Å²) in [4.78, 5) is 53.3. The fraction of sp³-hybridized carbons (Fsp3) is 0.250. The van der Waals surface area contributed by atoms with Crippen LogP contribution in [-0.2, 0) is 4.74 Å². The van der Waals surface area contributed by atoms with Gasteiger partial charge in [-0.1, -0.05) is 30.3 Å². The summed E-state index contributed by atoms with van der Waals surface area (Å²) in [7, 11) is 0. The number of carbonyl (C=O) groups is 3. The van der Waals surface area contributed by atoms with E-state index in [9.17, 15) is 24.5 Å². The third kappa shape index (κ3) is 5.64. The van der Waals surface area contributed by atoms with Crippen molar-refractivity contribution in [2.45, 2.75) is 13.8 Å². The van der Waals surface area contributed by atoms with Crippen LogP contribution >= 0.6 is 0 Å². The van der Waals surface area contributed by atoms with Crippen LogP contribution in [0.3, 0.4) is 0 Å². The number of ether oxygens (including phenoxy) is 1. The number of carbonyl (C=O) groups excluding carboxylic acids is 3. The van der Waals surface area contributed by atoms with Crippen molar-refractivity contribution in [1.82, 2.24) is 4.90 Å². The Hall–Kier alpha value is -4.73. The van der Waals surface area contributed by atoms with Crippen LogP contribution < -0.4 is 10.2 Å². The first-order valence-electron chi connectivity index (χ1n) is 12.3. The van der Waals surface area contributed by atoms with Crippen LogP contribution in [0.25, 0.3) is 0 Å². The molecule has 3 aromatic rings. The fourth-order valence-corrected chi connectivity index (χ4v) is 4.44. The largest absolute Gasteiger partial charge is 0.462 e. The molecular formula is C28H28N4O6. The zero-order chi connectivity index (χ0) is 27.2. The number of amides is 2. The molecular weight excluding hydrogens is 488 g/mol. The Labute approximate surface area is 220 Å². The van der Waals surface area contributed by atoms with E-state index in [1.54, 1.807) is 55.1 Å². The van der Waals surface area contributed by atoms with Gasteiger partial charge in [0.2, 0.25) is 0 Å². The van der Waals surface area contributed by atoms with Crippen molar-refractivity contribution in [2.24, 2.45) is 0 Å². The lowest BCUT2D eigenvalue weighted by atomic mass is 10.1. The first-order valence-corrected chi connectivity index (χ1v) is 12.3. The monoisotopic (exact) mass is 516 g/mol. The second-order valence-electron chi connectivity index (χ2n) is 8.78. The predicted molar refractivity (Wildman–Crippen MR) is 143 cm³/mol. The molecule has 4 rings (SSSR count). The van der Waals surface area contributed by atoms with Gasteiger partial charge in [0.15, 0.2) is 0 Å². The molecule has 0 radical (unpaired) electrons. The van der Waals surface area contributed by atoms with Gasteiger partial charge in [0.1, 0.15) is 5.56 Å². The highest BCUT2D eigenvalue weighted by atomic mass is 16.6. The summed E-state index contributed by atoms with van der Waals surface area (Å²) in [5.41, 5.74) is 1.81. The maximum Gasteiger partial charge on any atom is 0.338 e. The maximum atomic E-state index is 13.2. The summed E-state index contributed by atoms with van der Waals surface area (Å²) in [5.74, 6) is -1.27. The van der Waals surface area contributed by atoms with Gasteiger partial charge < -0.3 is 19.9 Å². The Kier molecular flexibility index (Phi) is 8.00. The van der Waals surface area contributed by atoms with Crippen molar-refractivity contribution in [3.05, 3.63) is 99.1 Å². The van der Waals surface area contributed by atoms with E-state index in [0.717, 1.165) is 0 Å². The smallest absolute Gasteiger partial charge is 0.338 e. The lowest BCUT2D eigenvalue weighted by molar-refractivity contribution is -0.385. The Morgan fingerprint density at radius 3 is 2.32 bits per heavy atom. The second kappa shape index (κ2) is 11.5. The molecule has 0 aromatic heterocycles. The van der Waals surface area contributed by atoms with E-state index in [1.807, 2.05) is 23.1 Å². The average Bonchev–Trinajstić information content (AvgIpc) is 2.93. The topological polar surface area (TPSA) is 122 Å². The van der Waals surface area contributed by atoms with Crippen molar-refractivity contribution in [2.75, 3.05) is 43.0 Å². The summed E-state index contributed by atoms with van der Waals surface area (Å²) >= 11 is 0. The van der Waals surface area contributed by atoms with Crippen molar-refractivity contribution in [3.63, 3.8) is 0 Å². The number of nitro benzene ring substituents is 1. The summed E-state index contributed by atoms with van der Waals surface area (Å²) in [5, 5.41) is 14.4. The zero-order valence-corrected chi connectivity index (χ0v) is 21.2. The van der Waals surface area contributed by atoms with Gasteiger partial charge in [0, 0.05) is 37.3 Å². The standard InChI is InChI=1S/C28H28N4O6/c1-3-38-28(35)21-12-13-24(30-14-16-31(17-15-30)27(34)20-9-5-4-6-10-20)23(18-21)29-26(33)22-11-7-8-19(2)25(22)32(36)37/h4-13,18H,3,14-17H2,1-2H3,(H,29,33). The first kappa shape index (κ1) is 26.3. The quantitative estimate of drug-likeness (QED) is 0.282. The second-order valence-corrected chi connectivity index (χ2v) is 8.78. The highest BCUT2D eigenvalue weighted by Gasteiger charge is 2.27. The summed E-state index contributed by atoms with van der Waals surface area (Å²) in [6.07, 6.45) is 0. The molecule has 0 atom stereocenters. The van der Waals surface area contributed by atoms with Gasteiger partial charge in [-0.05, 0) is 50.2 Å². The van der Waals surface area contributed by atoms with Crippen LogP contribution in [0.2, 0.25) is 0 Å². The minimum atomic E-state index is -0.666. The first-order chi connectivity index (χ1) is 18.3. The van der Waals surface area contributed by atoms with Crippen LogP contribution in [-0.4, -0.2) is 60.4 Å². The van der Waals surface area contributed by atoms with Crippen molar-refractivity contribution in [3.8, 4) is 0 Å². The van der Waals surface area contributed by atoms with Gasteiger partial charge in [-0.2, -0.15) is 0 Å². The number of aryl methyl sites for hydroxylation is 1. The molecule has 1 aliphatic heterocycles. The molecule has 1 fully saturated rings. The van der Waals surface area contributed by atoms with Crippen molar-refractivity contribution < 1.29 is 24.0 Å². The van der Waals surface area contributed by atoms with E-state index in [-0.39, 0.29) is 29.3 Å². The van der Waals surface area contributed by atoms with Crippen LogP contribution in [0.4, 0.5) is 17.1 Å². The summed E-state index contributed by atoms with van der Waals surface area (Å²) in [6.45, 7) is 5.36. The van der Waals surface area contributed by atoms with E-state index in [4.69, 9.17) is 4.74 Å². The number of anilines is 2. The number of nitrogens with one attached hydrogen (secondary N) is 1. The minimum Gasteiger partial charge on any atom is -0.462 e. The number of esters is 1. The number of benzene rings is 3. The number of nitrogens with zero attached hydrogens (tertiary/aromatic N) is 3. The predicted octanol–water partition coefficient (Wildman–Crippen LogP) is 4.29. The Morgan fingerprint density at radius 2 is 1.66 bits per heavy atom. The van der Waals surface area contributed by atoms with E-state index >= 15 is 0 Å². The molecule has 1 aliphatic rings. The van der Waals surface area contributed by atoms with Gasteiger partial charge in [-0.15, -0.1) is 0 Å². The molecule has 10 nitrogen and oxygen atoms in total. The lowest BCUT2D eigenvalue weighted by Gasteiger charge is -2.37. The van der Waals surface area contributed by atoms with Crippen LogP contribution in [0.5, 0.6) is 0 Å². The molecule has 0 unspecified atom stereocenters. The minimum absolute atomic E-state index is 0.0526. The Balaban J connectivity index is 1.60. The number of para-hydroxylation sites is 1. The van der Waals surface area contributed by atoms with Gasteiger partial charge in [-0.25, -0.2) is 4.79 Å². The van der Waals surface area contributed by atoms with Crippen LogP contribution in [0.1, 0.15) is 43.6 Å². The van der Waals surface area contributed by atoms with E-state index in [1.165, 1.54) is 12.1 Å². The van der Waals surface area contributed by atoms with E-state index in [2.05, 4.69) is 5.32 Å². The Bertz CT molecular complexity index is 1370. The fourth-order valence-electron chi connectivity index (χ4n) is 4.44. The highest BCUT2D eigenvalue weighted by Crippen LogP contribution is 2.31. The molecule has 38 heavy (non-hydrogen) atoms. The molecule has 2 amide bonds. The molecule has 0 aliphatic carbocycles. The summed E-state index contributed by atoms with van der Waals surface area (Å²) < 4.78 is 5.11. The molecule has 10 heteroatoms. The molecule has 1 heterocycles. The number of hydrogen-bond donors (Lipinski definition) is 1. The van der Waals surface area contributed by atoms with Crippen LogP contribution in [0.15, 0.2) is 66.7 Å². The molecule has 1 saturated heterocycles. The average molecular weight is 517 g/mol. The normalized spacial score (nSPS) is 13.1. The summed E-state index contributed by atoms with van der Waals surface area (Å²) in [6, 6.07) is 18.4. The molecule has 0 bridgehead atoms. The zero-order valence-electron chi connectivity index (χ0n) is 21.2. The lowest BCUT2D eigenvalue weighted by Crippen LogP contribution is -2.49. The molecule has 1 N–H and O–H groups in total. The van der Waals surface area contributed by atoms with Gasteiger partial charge in [0.25, 0.3) is 17.5 Å². The number of piperazine rings is 1. The van der Waals surface area contributed by atoms with Gasteiger partial charge in [0.05, 0.1) is 28.5 Å². The van der Waals surface area contributed by atoms with E-state index in [0.29, 0.717) is 48.7 Å². The van der Waals surface area contributed by atoms with Gasteiger partial charge in [-0.3, -0.25) is 19.7 Å². The molecule has 0 saturated carbocycles.